The maximum absolute atomic E-state index is 10.7. The molecule has 0 saturated carbocycles. The number of furan rings is 1. The van der Waals surface area contributed by atoms with Crippen LogP contribution in [-0.2, 0) is 0 Å². The zero-order valence-electron chi connectivity index (χ0n) is 11.6. The highest BCUT2D eigenvalue weighted by Crippen LogP contribution is 2.29. The van der Waals surface area contributed by atoms with Crippen molar-refractivity contribution in [3.63, 3.8) is 0 Å². The van der Waals surface area contributed by atoms with Crippen LogP contribution >= 0.6 is 15.9 Å². The molecule has 7 heteroatoms. The maximum atomic E-state index is 10.7. The molecule has 0 aliphatic heterocycles. The summed E-state index contributed by atoms with van der Waals surface area (Å²) >= 11 is 3.29. The fourth-order valence-electron chi connectivity index (χ4n) is 2.13. The molecule has 0 saturated heterocycles. The van der Waals surface area contributed by atoms with Gasteiger partial charge in [0.1, 0.15) is 23.4 Å². The van der Waals surface area contributed by atoms with E-state index in [1.807, 2.05) is 37.3 Å². The lowest BCUT2D eigenvalue weighted by atomic mass is 10.2. The molecule has 0 unspecified atom stereocenters. The highest BCUT2D eigenvalue weighted by atomic mass is 79.9. The van der Waals surface area contributed by atoms with Gasteiger partial charge in [-0.15, -0.1) is 0 Å². The number of halogens is 1. The van der Waals surface area contributed by atoms with Gasteiger partial charge in [0.2, 0.25) is 0 Å². The van der Waals surface area contributed by atoms with Crippen molar-refractivity contribution in [2.75, 3.05) is 5.32 Å². The first-order valence-electron chi connectivity index (χ1n) is 6.59. The number of nitrogens with zero attached hydrogens (tertiary/aromatic N) is 2. The van der Waals surface area contributed by atoms with Gasteiger partial charge in [0.25, 0.3) is 5.69 Å². The summed E-state index contributed by atoms with van der Waals surface area (Å²) in [5.74, 6) is 1.30. The molecule has 3 aromatic rings. The van der Waals surface area contributed by atoms with E-state index in [4.69, 9.17) is 4.42 Å². The highest BCUT2D eigenvalue weighted by Gasteiger charge is 2.15. The standard InChI is InChI=1S/C15H12BrN3O3/c1-9(14-6-10-4-2-3-5-13(10)22-14)18-15-12(16)7-11(8-17-15)19(20)21/h2-9H,1H3,(H,17,18)/t9-/m1/s1. The lowest BCUT2D eigenvalue weighted by molar-refractivity contribution is -0.385. The normalized spacial score (nSPS) is 12.3. The molecule has 3 rings (SSSR count). The fourth-order valence-corrected chi connectivity index (χ4v) is 2.58. The van der Waals surface area contributed by atoms with Crippen molar-refractivity contribution in [1.29, 1.82) is 0 Å². The van der Waals surface area contributed by atoms with Gasteiger partial charge in [0.05, 0.1) is 15.4 Å². The van der Waals surface area contributed by atoms with Gasteiger partial charge in [-0.05, 0) is 35.0 Å². The number of aromatic nitrogens is 1. The summed E-state index contributed by atoms with van der Waals surface area (Å²) in [5, 5.41) is 14.9. The molecule has 22 heavy (non-hydrogen) atoms. The number of hydrogen-bond donors (Lipinski definition) is 1. The van der Waals surface area contributed by atoms with Crippen LogP contribution in [-0.4, -0.2) is 9.91 Å². The molecule has 1 N–H and O–H groups in total. The van der Waals surface area contributed by atoms with Crippen LogP contribution in [0, 0.1) is 10.1 Å². The molecule has 1 aromatic carbocycles. The van der Waals surface area contributed by atoms with Gasteiger partial charge in [0, 0.05) is 11.5 Å². The number of para-hydroxylation sites is 1. The molecule has 6 nitrogen and oxygen atoms in total. The second kappa shape index (κ2) is 5.76. The molecule has 0 radical (unpaired) electrons. The lowest BCUT2D eigenvalue weighted by Crippen LogP contribution is -2.07. The predicted octanol–water partition coefficient (Wildman–Crippen LogP) is 4.67. The van der Waals surface area contributed by atoms with Crippen molar-refractivity contribution in [3.8, 4) is 0 Å². The minimum Gasteiger partial charge on any atom is -0.459 e. The molecular weight excluding hydrogens is 350 g/mol. The molecule has 1 atom stereocenters. The Morgan fingerprint density at radius 1 is 1.36 bits per heavy atom. The average molecular weight is 362 g/mol. The van der Waals surface area contributed by atoms with Gasteiger partial charge in [0.15, 0.2) is 0 Å². The third-order valence-corrected chi connectivity index (χ3v) is 3.87. The summed E-state index contributed by atoms with van der Waals surface area (Å²) in [7, 11) is 0. The molecule has 0 fully saturated rings. The van der Waals surface area contributed by atoms with Crippen LogP contribution in [0.5, 0.6) is 0 Å². The quantitative estimate of drug-likeness (QED) is 0.539. The Labute approximate surface area is 134 Å². The summed E-state index contributed by atoms with van der Waals surface area (Å²) in [4.78, 5) is 14.3. The van der Waals surface area contributed by atoms with Crippen molar-refractivity contribution in [1.82, 2.24) is 4.98 Å². The van der Waals surface area contributed by atoms with E-state index in [2.05, 4.69) is 26.2 Å². The maximum Gasteiger partial charge on any atom is 0.288 e. The van der Waals surface area contributed by atoms with Crippen LogP contribution in [0.3, 0.4) is 0 Å². The first-order valence-corrected chi connectivity index (χ1v) is 7.39. The smallest absolute Gasteiger partial charge is 0.288 e. The van der Waals surface area contributed by atoms with Gasteiger partial charge in [-0.2, -0.15) is 0 Å². The number of rotatable bonds is 4. The molecule has 0 aliphatic rings. The van der Waals surface area contributed by atoms with Gasteiger partial charge in [-0.3, -0.25) is 10.1 Å². The number of hydrogen-bond acceptors (Lipinski definition) is 5. The Hall–Kier alpha value is -2.41. The molecule has 0 bridgehead atoms. The topological polar surface area (TPSA) is 81.2 Å². The van der Waals surface area contributed by atoms with E-state index >= 15 is 0 Å². The zero-order valence-corrected chi connectivity index (χ0v) is 13.2. The van der Waals surface area contributed by atoms with E-state index < -0.39 is 4.92 Å². The third kappa shape index (κ3) is 2.80. The van der Waals surface area contributed by atoms with E-state index in [0.717, 1.165) is 16.7 Å². The molecule has 0 spiro atoms. The first-order chi connectivity index (χ1) is 10.5. The summed E-state index contributed by atoms with van der Waals surface area (Å²) in [5.41, 5.74) is 0.760. The predicted molar refractivity (Wildman–Crippen MR) is 86.8 cm³/mol. The number of nitro groups is 1. The third-order valence-electron chi connectivity index (χ3n) is 3.26. The van der Waals surface area contributed by atoms with E-state index in [0.29, 0.717) is 10.3 Å². The summed E-state index contributed by atoms with van der Waals surface area (Å²) in [6.07, 6.45) is 1.22. The Morgan fingerprint density at radius 2 is 2.14 bits per heavy atom. The Balaban J connectivity index is 1.84. The second-order valence-electron chi connectivity index (χ2n) is 4.83. The summed E-state index contributed by atoms with van der Waals surface area (Å²) < 4.78 is 6.32. The van der Waals surface area contributed by atoms with Gasteiger partial charge in [-0.1, -0.05) is 18.2 Å². The average Bonchev–Trinajstić information content (AvgIpc) is 2.93. The van der Waals surface area contributed by atoms with Crippen molar-refractivity contribution in [2.24, 2.45) is 0 Å². The van der Waals surface area contributed by atoms with Crippen LogP contribution < -0.4 is 5.32 Å². The number of anilines is 1. The van der Waals surface area contributed by atoms with Crippen molar-refractivity contribution < 1.29 is 9.34 Å². The minimum absolute atomic E-state index is 0.0613. The van der Waals surface area contributed by atoms with Crippen molar-refractivity contribution in [3.05, 3.63) is 62.9 Å². The molecular formula is C15H12BrN3O3. The van der Waals surface area contributed by atoms with E-state index in [-0.39, 0.29) is 11.7 Å². The van der Waals surface area contributed by atoms with E-state index in [1.165, 1.54) is 12.3 Å². The van der Waals surface area contributed by atoms with Crippen LogP contribution in [0.15, 0.2) is 51.5 Å². The van der Waals surface area contributed by atoms with Crippen LogP contribution in [0.4, 0.5) is 11.5 Å². The van der Waals surface area contributed by atoms with E-state index in [9.17, 15) is 10.1 Å². The van der Waals surface area contributed by atoms with Crippen LogP contribution in [0.25, 0.3) is 11.0 Å². The van der Waals surface area contributed by atoms with Crippen LogP contribution in [0.1, 0.15) is 18.7 Å². The monoisotopic (exact) mass is 361 g/mol. The minimum atomic E-state index is -0.482. The fraction of sp³-hybridized carbons (Fsp3) is 0.133. The first kappa shape index (κ1) is 14.5. The Bertz CT molecular complexity index is 814. The SMILES string of the molecule is C[C@@H](Nc1ncc([N+](=O)[O-])cc1Br)c1cc2ccccc2o1. The second-order valence-corrected chi connectivity index (χ2v) is 5.69. The summed E-state index contributed by atoms with van der Waals surface area (Å²) in [6.45, 7) is 1.94. The number of nitrogens with one attached hydrogen (secondary N) is 1. The lowest BCUT2D eigenvalue weighted by Gasteiger charge is -2.13. The highest BCUT2D eigenvalue weighted by molar-refractivity contribution is 9.10. The van der Waals surface area contributed by atoms with Crippen molar-refractivity contribution >= 4 is 38.4 Å². The number of pyridine rings is 1. The molecule has 0 aliphatic carbocycles. The molecule has 112 valence electrons. The number of benzene rings is 1. The zero-order chi connectivity index (χ0) is 15.7. The molecule has 2 heterocycles. The van der Waals surface area contributed by atoms with Gasteiger partial charge < -0.3 is 9.73 Å². The van der Waals surface area contributed by atoms with Gasteiger partial charge >= 0.3 is 0 Å². The number of fused-ring (bicyclic) bond motifs is 1. The molecule has 0 amide bonds. The largest absolute Gasteiger partial charge is 0.459 e. The Kier molecular flexibility index (Phi) is 3.81. The summed E-state index contributed by atoms with van der Waals surface area (Å²) in [6, 6.07) is 11.0. The Morgan fingerprint density at radius 3 is 2.82 bits per heavy atom. The van der Waals surface area contributed by atoms with Gasteiger partial charge in [-0.25, -0.2) is 4.98 Å². The molecule has 2 aromatic heterocycles. The van der Waals surface area contributed by atoms with Crippen LogP contribution in [0.2, 0.25) is 0 Å². The van der Waals surface area contributed by atoms with Crippen molar-refractivity contribution in [2.45, 2.75) is 13.0 Å². The van der Waals surface area contributed by atoms with E-state index in [1.54, 1.807) is 0 Å².